The summed E-state index contributed by atoms with van der Waals surface area (Å²) < 4.78 is 4.57. The van der Waals surface area contributed by atoms with Gasteiger partial charge in [-0.1, -0.05) is 0 Å². The number of aromatic nitrogens is 5. The number of nitrogens with zero attached hydrogens (tertiary/aromatic N) is 4. The molecule has 0 aliphatic carbocycles. The van der Waals surface area contributed by atoms with E-state index in [-0.39, 0.29) is 11.7 Å². The predicted molar refractivity (Wildman–Crippen MR) is 61.8 cm³/mol. The number of hydrogen-bond donors (Lipinski definition) is 2. The van der Waals surface area contributed by atoms with E-state index in [2.05, 4.69) is 35.2 Å². The number of anilines is 1. The van der Waals surface area contributed by atoms with Crippen LogP contribution in [0.1, 0.15) is 29.3 Å². The summed E-state index contributed by atoms with van der Waals surface area (Å²) in [7, 11) is 1.29. The van der Waals surface area contributed by atoms with E-state index in [1.807, 2.05) is 6.92 Å². The fourth-order valence-electron chi connectivity index (χ4n) is 1.35. The van der Waals surface area contributed by atoms with Gasteiger partial charge in [0.05, 0.1) is 25.5 Å². The highest BCUT2D eigenvalue weighted by Gasteiger charge is 2.12. The molecule has 2 heterocycles. The van der Waals surface area contributed by atoms with Crippen molar-refractivity contribution in [3.05, 3.63) is 30.2 Å². The van der Waals surface area contributed by atoms with Gasteiger partial charge >= 0.3 is 5.97 Å². The second kappa shape index (κ2) is 5.21. The van der Waals surface area contributed by atoms with Gasteiger partial charge < -0.3 is 10.1 Å². The Morgan fingerprint density at radius 3 is 3.00 bits per heavy atom. The molecular weight excluding hydrogens is 236 g/mol. The Bertz CT molecular complexity index is 527. The highest BCUT2D eigenvalue weighted by Crippen LogP contribution is 2.13. The summed E-state index contributed by atoms with van der Waals surface area (Å²) in [5.41, 5.74) is 0.146. The van der Waals surface area contributed by atoms with Crippen LogP contribution in [0.3, 0.4) is 0 Å². The molecule has 2 aromatic rings. The zero-order valence-electron chi connectivity index (χ0n) is 9.91. The predicted octanol–water partition coefficient (Wildman–Crippen LogP) is 0.554. The first-order chi connectivity index (χ1) is 8.70. The molecule has 0 saturated carbocycles. The molecule has 2 aromatic heterocycles. The third-order valence-corrected chi connectivity index (χ3v) is 2.24. The molecular formula is C10H12N6O2. The van der Waals surface area contributed by atoms with Crippen molar-refractivity contribution < 1.29 is 9.53 Å². The van der Waals surface area contributed by atoms with Crippen LogP contribution in [0.4, 0.5) is 5.82 Å². The maximum atomic E-state index is 11.3. The van der Waals surface area contributed by atoms with Crippen molar-refractivity contribution in [2.45, 2.75) is 13.0 Å². The van der Waals surface area contributed by atoms with Crippen molar-refractivity contribution in [1.82, 2.24) is 25.1 Å². The Labute approximate surface area is 103 Å². The van der Waals surface area contributed by atoms with Gasteiger partial charge in [-0.25, -0.2) is 14.8 Å². The molecule has 1 atom stereocenters. The quantitative estimate of drug-likeness (QED) is 0.761. The minimum Gasteiger partial charge on any atom is -0.464 e. The average molecular weight is 248 g/mol. The lowest BCUT2D eigenvalue weighted by atomic mass is 10.3. The van der Waals surface area contributed by atoms with E-state index >= 15 is 0 Å². The van der Waals surface area contributed by atoms with Crippen molar-refractivity contribution in [3.8, 4) is 0 Å². The fraction of sp³-hybridized carbons (Fsp3) is 0.300. The second-order valence-corrected chi connectivity index (χ2v) is 3.52. The van der Waals surface area contributed by atoms with Gasteiger partial charge in [-0.2, -0.15) is 5.10 Å². The molecule has 2 N–H and O–H groups in total. The first-order valence-corrected chi connectivity index (χ1v) is 5.23. The number of aromatic amines is 1. The summed E-state index contributed by atoms with van der Waals surface area (Å²) in [5.74, 6) is 0.598. The van der Waals surface area contributed by atoms with Crippen LogP contribution in [0.25, 0.3) is 0 Å². The number of carbonyl (C=O) groups is 1. The number of carbonyl (C=O) groups excluding carboxylic acids is 1. The molecule has 18 heavy (non-hydrogen) atoms. The highest BCUT2D eigenvalue weighted by molar-refractivity contribution is 5.87. The molecule has 8 nitrogen and oxygen atoms in total. The van der Waals surface area contributed by atoms with E-state index < -0.39 is 5.97 Å². The topological polar surface area (TPSA) is 106 Å². The SMILES string of the molecule is COC(=O)c1cncc(NC(C)c2ncn[nH]2)n1. The third kappa shape index (κ3) is 2.59. The van der Waals surface area contributed by atoms with Crippen molar-refractivity contribution >= 4 is 11.8 Å². The van der Waals surface area contributed by atoms with Gasteiger partial charge in [-0.15, -0.1) is 0 Å². The van der Waals surface area contributed by atoms with E-state index in [0.29, 0.717) is 11.6 Å². The minimum atomic E-state index is -0.529. The fourth-order valence-corrected chi connectivity index (χ4v) is 1.35. The summed E-state index contributed by atoms with van der Waals surface area (Å²) in [5, 5.41) is 9.55. The van der Waals surface area contributed by atoms with E-state index in [4.69, 9.17) is 0 Å². The van der Waals surface area contributed by atoms with Gasteiger partial charge in [0.1, 0.15) is 18.0 Å². The van der Waals surface area contributed by atoms with Gasteiger partial charge in [0.2, 0.25) is 0 Å². The summed E-state index contributed by atoms with van der Waals surface area (Å²) in [6.07, 6.45) is 4.28. The Kier molecular flexibility index (Phi) is 3.46. The van der Waals surface area contributed by atoms with Gasteiger partial charge in [0.15, 0.2) is 5.69 Å². The largest absolute Gasteiger partial charge is 0.464 e. The molecule has 0 saturated heterocycles. The summed E-state index contributed by atoms with van der Waals surface area (Å²) in [6.45, 7) is 1.88. The molecule has 0 amide bonds. The van der Waals surface area contributed by atoms with Crippen molar-refractivity contribution in [1.29, 1.82) is 0 Å². The van der Waals surface area contributed by atoms with Crippen molar-refractivity contribution in [3.63, 3.8) is 0 Å². The molecule has 0 aromatic carbocycles. The van der Waals surface area contributed by atoms with Crippen LogP contribution in [-0.4, -0.2) is 38.2 Å². The summed E-state index contributed by atoms with van der Waals surface area (Å²) >= 11 is 0. The molecule has 0 aliphatic rings. The molecule has 0 aliphatic heterocycles. The number of methoxy groups -OCH3 is 1. The van der Waals surface area contributed by atoms with Gasteiger partial charge in [0, 0.05) is 0 Å². The lowest BCUT2D eigenvalue weighted by Crippen LogP contribution is -2.12. The summed E-state index contributed by atoms with van der Waals surface area (Å²) in [4.78, 5) is 23.3. The van der Waals surface area contributed by atoms with E-state index in [0.717, 1.165) is 0 Å². The van der Waals surface area contributed by atoms with Gasteiger partial charge in [-0.3, -0.25) is 10.1 Å². The Balaban J connectivity index is 2.12. The first kappa shape index (κ1) is 12.0. The lowest BCUT2D eigenvalue weighted by molar-refractivity contribution is 0.0593. The number of esters is 1. The van der Waals surface area contributed by atoms with Crippen molar-refractivity contribution in [2.24, 2.45) is 0 Å². The van der Waals surface area contributed by atoms with Crippen molar-refractivity contribution in [2.75, 3.05) is 12.4 Å². The molecule has 0 fully saturated rings. The lowest BCUT2D eigenvalue weighted by Gasteiger charge is -2.11. The van der Waals surface area contributed by atoms with Crippen LogP contribution in [0.15, 0.2) is 18.7 Å². The average Bonchev–Trinajstić information content (AvgIpc) is 2.92. The van der Waals surface area contributed by atoms with Crippen LogP contribution < -0.4 is 5.32 Å². The third-order valence-electron chi connectivity index (χ3n) is 2.24. The second-order valence-electron chi connectivity index (χ2n) is 3.52. The van der Waals surface area contributed by atoms with E-state index in [1.165, 1.54) is 25.8 Å². The van der Waals surface area contributed by atoms with Crippen LogP contribution in [-0.2, 0) is 4.74 Å². The Hall–Kier alpha value is -2.51. The molecule has 2 rings (SSSR count). The normalized spacial score (nSPS) is 11.9. The van der Waals surface area contributed by atoms with Crippen LogP contribution in [0.5, 0.6) is 0 Å². The zero-order valence-corrected chi connectivity index (χ0v) is 9.91. The van der Waals surface area contributed by atoms with E-state index in [1.54, 1.807) is 0 Å². The highest BCUT2D eigenvalue weighted by atomic mass is 16.5. The molecule has 0 bridgehead atoms. The zero-order chi connectivity index (χ0) is 13.0. The molecule has 1 unspecified atom stereocenters. The standard InChI is InChI=1S/C10H12N6O2/c1-6(9-12-5-13-16-9)14-8-4-11-3-7(15-8)10(17)18-2/h3-6H,1-2H3,(H,14,15)(H,12,13,16). The molecule has 0 spiro atoms. The number of nitrogens with one attached hydrogen (secondary N) is 2. The van der Waals surface area contributed by atoms with Gasteiger partial charge in [0.25, 0.3) is 0 Å². The molecule has 8 heteroatoms. The van der Waals surface area contributed by atoms with Crippen LogP contribution in [0, 0.1) is 0 Å². The van der Waals surface area contributed by atoms with Gasteiger partial charge in [-0.05, 0) is 6.92 Å². The molecule has 0 radical (unpaired) electrons. The Morgan fingerprint density at radius 2 is 2.33 bits per heavy atom. The Morgan fingerprint density at radius 1 is 1.50 bits per heavy atom. The number of hydrogen-bond acceptors (Lipinski definition) is 7. The number of ether oxygens (including phenoxy) is 1. The number of rotatable bonds is 4. The smallest absolute Gasteiger partial charge is 0.358 e. The maximum absolute atomic E-state index is 11.3. The maximum Gasteiger partial charge on any atom is 0.358 e. The number of H-pyrrole nitrogens is 1. The van der Waals surface area contributed by atoms with Crippen LogP contribution in [0.2, 0.25) is 0 Å². The summed E-state index contributed by atoms with van der Waals surface area (Å²) in [6, 6.07) is -0.130. The molecule has 94 valence electrons. The van der Waals surface area contributed by atoms with E-state index in [9.17, 15) is 4.79 Å². The first-order valence-electron chi connectivity index (χ1n) is 5.23. The monoisotopic (exact) mass is 248 g/mol. The van der Waals surface area contributed by atoms with Crippen LogP contribution >= 0.6 is 0 Å². The minimum absolute atomic E-state index is 0.130.